The molecule has 2 aliphatic heterocycles. The smallest absolute Gasteiger partial charge is 0.309 e. The molecule has 2 N–H and O–H groups in total. The zero-order chi connectivity index (χ0) is 33.5. The predicted octanol–water partition coefficient (Wildman–Crippen LogP) is 7.43. The molecule has 44 heavy (non-hydrogen) atoms. The minimum atomic E-state index is -1.70. The summed E-state index contributed by atoms with van der Waals surface area (Å²) in [7, 11) is 0. The lowest BCUT2D eigenvalue weighted by Gasteiger charge is -2.43. The first kappa shape index (κ1) is 35.8. The van der Waals surface area contributed by atoms with E-state index in [0.717, 1.165) is 0 Å². The third-order valence-corrected chi connectivity index (χ3v) is 9.72. The first-order valence-electron chi connectivity index (χ1n) is 14.9. The summed E-state index contributed by atoms with van der Waals surface area (Å²) in [5.41, 5.74) is -2.83. The standard InChI is InChI=1S/C34H46O8S2/c1-29(2,27(37)38)16-11-13-21-19-31(5,6)26(36)34(44,41-21)23-15-10-9-14-22(23)24-20-32(7,8)25(35)33(43,42-24)18-12-17-30(3,4)28(39)40/h9-10,14-15,19-20,43-44H,11-13,16-18H2,1-8H3,(H,37,38)(H,39,40). The molecule has 0 spiro atoms. The number of carboxylic acids is 2. The maximum atomic E-state index is 14.0. The SMILES string of the molecule is CC1(C)C=C(c2ccccc2C2(S)OC(CCCC(C)(C)C(=O)O)=CC(C)(C)C2=O)OC(S)(CCCC(C)(C)C(=O)O)C1=O. The van der Waals surface area contributed by atoms with E-state index in [0.29, 0.717) is 54.7 Å². The van der Waals surface area contributed by atoms with E-state index in [4.69, 9.17) is 34.7 Å². The van der Waals surface area contributed by atoms with Crippen LogP contribution < -0.4 is 0 Å². The van der Waals surface area contributed by atoms with Crippen molar-refractivity contribution in [3.8, 4) is 0 Å². The van der Waals surface area contributed by atoms with Gasteiger partial charge < -0.3 is 19.7 Å². The number of allylic oxidation sites excluding steroid dienone is 3. The second kappa shape index (κ2) is 12.2. The molecule has 0 aromatic heterocycles. The number of hydrogen-bond acceptors (Lipinski definition) is 8. The molecule has 1 aromatic rings. The van der Waals surface area contributed by atoms with Crippen molar-refractivity contribution in [1.29, 1.82) is 0 Å². The van der Waals surface area contributed by atoms with Crippen LogP contribution in [0.5, 0.6) is 0 Å². The van der Waals surface area contributed by atoms with Gasteiger partial charge in [-0.1, -0.05) is 24.3 Å². The molecule has 0 saturated carbocycles. The van der Waals surface area contributed by atoms with Gasteiger partial charge in [-0.15, -0.1) is 25.3 Å². The average molecular weight is 647 g/mol. The summed E-state index contributed by atoms with van der Waals surface area (Å²) >= 11 is 9.63. The van der Waals surface area contributed by atoms with Gasteiger partial charge in [-0.05, 0) is 93.2 Å². The second-order valence-corrected chi connectivity index (χ2v) is 15.8. The topological polar surface area (TPSA) is 127 Å². The van der Waals surface area contributed by atoms with Gasteiger partial charge in [0.25, 0.3) is 0 Å². The van der Waals surface area contributed by atoms with Crippen LogP contribution in [-0.2, 0) is 33.6 Å². The molecule has 2 aliphatic rings. The normalized spacial score (nSPS) is 25.0. The Balaban J connectivity index is 1.98. The Bertz CT molecular complexity index is 1400. The molecule has 2 atom stereocenters. The number of ether oxygens (including phenoxy) is 2. The molecule has 1 aromatic carbocycles. The van der Waals surface area contributed by atoms with Gasteiger partial charge in [0.15, 0.2) is 5.78 Å². The zero-order valence-corrected chi connectivity index (χ0v) is 28.7. The molecule has 8 nitrogen and oxygen atoms in total. The number of rotatable bonds is 12. The number of Topliss-reactive ketones (excluding diaryl/α,β-unsaturated/α-hetero) is 2. The number of benzene rings is 1. The van der Waals surface area contributed by atoms with Gasteiger partial charge in [0.1, 0.15) is 5.76 Å². The van der Waals surface area contributed by atoms with Crippen LogP contribution in [0.25, 0.3) is 5.76 Å². The van der Waals surface area contributed by atoms with Crippen molar-refractivity contribution in [1.82, 2.24) is 0 Å². The lowest BCUT2D eigenvalue weighted by molar-refractivity contribution is -0.148. The zero-order valence-electron chi connectivity index (χ0n) is 26.9. The van der Waals surface area contributed by atoms with Gasteiger partial charge in [-0.2, -0.15) is 0 Å². The van der Waals surface area contributed by atoms with Crippen LogP contribution in [-0.4, -0.2) is 38.7 Å². The van der Waals surface area contributed by atoms with E-state index in [-0.39, 0.29) is 18.0 Å². The van der Waals surface area contributed by atoms with E-state index in [9.17, 15) is 29.4 Å². The maximum Gasteiger partial charge on any atom is 0.309 e. The van der Waals surface area contributed by atoms with Crippen molar-refractivity contribution in [2.45, 2.75) is 104 Å². The van der Waals surface area contributed by atoms with Gasteiger partial charge in [-0.3, -0.25) is 19.2 Å². The van der Waals surface area contributed by atoms with Gasteiger partial charge in [-0.25, -0.2) is 0 Å². The summed E-state index contributed by atoms with van der Waals surface area (Å²) in [6.45, 7) is 13.8. The first-order valence-corrected chi connectivity index (χ1v) is 15.8. The first-order chi connectivity index (χ1) is 20.0. The van der Waals surface area contributed by atoms with Crippen LogP contribution in [0.4, 0.5) is 0 Å². The lowest BCUT2D eigenvalue weighted by Crippen LogP contribution is -2.48. The molecule has 0 amide bonds. The van der Waals surface area contributed by atoms with Crippen molar-refractivity contribution in [3.63, 3.8) is 0 Å². The Labute approximate surface area is 271 Å². The van der Waals surface area contributed by atoms with E-state index in [1.807, 2.05) is 0 Å². The van der Waals surface area contributed by atoms with Crippen LogP contribution in [0, 0.1) is 21.7 Å². The number of carboxylic acid groups (broad SMARTS) is 2. The van der Waals surface area contributed by atoms with E-state index >= 15 is 0 Å². The molecule has 0 bridgehead atoms. The third kappa shape index (κ3) is 7.22. The highest BCUT2D eigenvalue weighted by atomic mass is 32.1. The molecule has 242 valence electrons. The molecular weight excluding hydrogens is 601 g/mol. The number of carbonyl (C=O) groups is 4. The van der Waals surface area contributed by atoms with Gasteiger partial charge in [0.05, 0.1) is 27.4 Å². The van der Waals surface area contributed by atoms with E-state index < -0.39 is 43.5 Å². The predicted molar refractivity (Wildman–Crippen MR) is 175 cm³/mol. The van der Waals surface area contributed by atoms with Crippen molar-refractivity contribution < 1.29 is 38.9 Å². The Morgan fingerprint density at radius 1 is 0.795 bits per heavy atom. The largest absolute Gasteiger partial charge is 0.481 e. The fourth-order valence-electron chi connectivity index (χ4n) is 5.60. The Hall–Kier alpha value is -2.72. The molecule has 3 rings (SSSR count). The summed E-state index contributed by atoms with van der Waals surface area (Å²) in [5, 5.41) is 19.0. The molecular formula is C34H46O8S2. The third-order valence-electron chi connectivity index (χ3n) is 8.66. The number of ketones is 2. The monoisotopic (exact) mass is 646 g/mol. The molecule has 10 heteroatoms. The van der Waals surface area contributed by atoms with E-state index in [2.05, 4.69) is 0 Å². The molecule has 2 unspecified atom stereocenters. The maximum absolute atomic E-state index is 14.0. The molecule has 0 saturated heterocycles. The molecule has 2 heterocycles. The highest BCUT2D eigenvalue weighted by Crippen LogP contribution is 2.50. The van der Waals surface area contributed by atoms with Crippen LogP contribution in [0.1, 0.15) is 105 Å². The van der Waals surface area contributed by atoms with Crippen LogP contribution in [0.3, 0.4) is 0 Å². The van der Waals surface area contributed by atoms with E-state index in [1.165, 1.54) is 0 Å². The molecule has 0 fully saturated rings. The Morgan fingerprint density at radius 2 is 1.32 bits per heavy atom. The summed E-state index contributed by atoms with van der Waals surface area (Å²) in [5.74, 6) is -1.44. The minimum absolute atomic E-state index is 0.183. The highest BCUT2D eigenvalue weighted by Gasteiger charge is 2.53. The minimum Gasteiger partial charge on any atom is -0.481 e. The van der Waals surface area contributed by atoms with Crippen LogP contribution in [0.2, 0.25) is 0 Å². The summed E-state index contributed by atoms with van der Waals surface area (Å²) < 4.78 is 12.7. The Kier molecular flexibility index (Phi) is 9.94. The lowest BCUT2D eigenvalue weighted by atomic mass is 9.77. The van der Waals surface area contributed by atoms with Crippen molar-refractivity contribution >= 4 is 54.5 Å². The van der Waals surface area contributed by atoms with Gasteiger partial charge in [0, 0.05) is 24.0 Å². The van der Waals surface area contributed by atoms with Crippen LogP contribution >= 0.6 is 25.3 Å². The van der Waals surface area contributed by atoms with Crippen molar-refractivity contribution in [3.05, 3.63) is 53.3 Å². The number of aliphatic carboxylic acids is 2. The highest BCUT2D eigenvalue weighted by molar-refractivity contribution is 7.82. The summed E-state index contributed by atoms with van der Waals surface area (Å²) in [6, 6.07) is 7.09. The Morgan fingerprint density at radius 3 is 1.89 bits per heavy atom. The fourth-order valence-corrected chi connectivity index (χ4v) is 6.75. The van der Waals surface area contributed by atoms with Gasteiger partial charge >= 0.3 is 11.9 Å². The fraction of sp³-hybridized carbons (Fsp3) is 0.588. The number of hydrogen-bond donors (Lipinski definition) is 4. The molecule has 0 aliphatic carbocycles. The summed E-state index contributed by atoms with van der Waals surface area (Å²) in [6.07, 6.45) is 5.76. The number of carbonyl (C=O) groups excluding carboxylic acids is 2. The average Bonchev–Trinajstić information content (AvgIpc) is 2.89. The number of thiol groups is 2. The van der Waals surface area contributed by atoms with Crippen molar-refractivity contribution in [2.24, 2.45) is 21.7 Å². The summed E-state index contributed by atoms with van der Waals surface area (Å²) in [4.78, 5) is 47.5. The molecule has 0 radical (unpaired) electrons. The van der Waals surface area contributed by atoms with Crippen LogP contribution in [0.15, 0.2) is 42.2 Å². The van der Waals surface area contributed by atoms with E-state index in [1.54, 1.807) is 91.8 Å². The van der Waals surface area contributed by atoms with Crippen molar-refractivity contribution in [2.75, 3.05) is 0 Å². The second-order valence-electron chi connectivity index (χ2n) is 14.5. The quantitative estimate of drug-likeness (QED) is 0.173. The van der Waals surface area contributed by atoms with Gasteiger partial charge in [0.2, 0.25) is 15.6 Å².